The van der Waals surface area contributed by atoms with E-state index in [2.05, 4.69) is 5.32 Å². The first-order valence-electron chi connectivity index (χ1n) is 7.09. The standard InChI is InChI=1S/C18H17ClN2OS/c1-21(13-14-7-3-2-4-8-14)18(23)20-17(22)12-11-15-9-5-6-10-16(15)19/h2-12H,13H2,1H3,(H,20,22,23). The molecule has 0 aromatic heterocycles. The van der Waals surface area contributed by atoms with E-state index in [9.17, 15) is 4.79 Å². The summed E-state index contributed by atoms with van der Waals surface area (Å²) < 4.78 is 0. The van der Waals surface area contributed by atoms with Crippen molar-refractivity contribution in [2.24, 2.45) is 0 Å². The highest BCUT2D eigenvalue weighted by molar-refractivity contribution is 7.80. The molecule has 0 bridgehead atoms. The number of hydrogen-bond acceptors (Lipinski definition) is 2. The molecule has 0 atom stereocenters. The normalized spacial score (nSPS) is 10.5. The van der Waals surface area contributed by atoms with Crippen LogP contribution in [0.3, 0.4) is 0 Å². The van der Waals surface area contributed by atoms with Gasteiger partial charge in [0.2, 0.25) is 5.91 Å². The van der Waals surface area contributed by atoms with Gasteiger partial charge in [-0.15, -0.1) is 0 Å². The van der Waals surface area contributed by atoms with Gasteiger partial charge >= 0.3 is 0 Å². The predicted octanol–water partition coefficient (Wildman–Crippen LogP) is 3.89. The summed E-state index contributed by atoms with van der Waals surface area (Å²) in [7, 11) is 1.84. The first-order valence-corrected chi connectivity index (χ1v) is 7.87. The highest BCUT2D eigenvalue weighted by Gasteiger charge is 2.07. The molecule has 2 aromatic rings. The molecule has 2 rings (SSSR count). The van der Waals surface area contributed by atoms with E-state index in [0.29, 0.717) is 16.7 Å². The predicted molar refractivity (Wildman–Crippen MR) is 99.1 cm³/mol. The van der Waals surface area contributed by atoms with Crippen LogP contribution in [0, 0.1) is 0 Å². The van der Waals surface area contributed by atoms with Gasteiger partial charge in [-0.05, 0) is 35.5 Å². The van der Waals surface area contributed by atoms with Crippen molar-refractivity contribution in [3.05, 3.63) is 76.8 Å². The molecule has 0 spiro atoms. The van der Waals surface area contributed by atoms with Crippen LogP contribution in [0.4, 0.5) is 0 Å². The summed E-state index contributed by atoms with van der Waals surface area (Å²) in [5.41, 5.74) is 1.91. The Hall–Kier alpha value is -2.17. The third-order valence-corrected chi connectivity index (χ3v) is 3.92. The maximum Gasteiger partial charge on any atom is 0.250 e. The van der Waals surface area contributed by atoms with Crippen molar-refractivity contribution in [3.63, 3.8) is 0 Å². The number of rotatable bonds is 4. The van der Waals surface area contributed by atoms with Gasteiger partial charge in [-0.2, -0.15) is 0 Å². The highest BCUT2D eigenvalue weighted by atomic mass is 35.5. The van der Waals surface area contributed by atoms with Gasteiger partial charge in [0, 0.05) is 24.7 Å². The zero-order valence-electron chi connectivity index (χ0n) is 12.7. The fraction of sp³-hybridized carbons (Fsp3) is 0.111. The van der Waals surface area contributed by atoms with Crippen molar-refractivity contribution in [3.8, 4) is 0 Å². The van der Waals surface area contributed by atoms with Crippen molar-refractivity contribution in [1.29, 1.82) is 0 Å². The van der Waals surface area contributed by atoms with E-state index in [1.54, 1.807) is 12.1 Å². The molecule has 0 aliphatic rings. The second-order valence-corrected chi connectivity index (χ2v) is 5.78. The molecule has 0 saturated heterocycles. The number of benzene rings is 2. The van der Waals surface area contributed by atoms with E-state index in [4.69, 9.17) is 23.8 Å². The molecule has 0 aliphatic carbocycles. The summed E-state index contributed by atoms with van der Waals surface area (Å²) in [5.74, 6) is -0.283. The number of nitrogens with one attached hydrogen (secondary N) is 1. The van der Waals surface area contributed by atoms with E-state index < -0.39 is 0 Å². The SMILES string of the molecule is CN(Cc1ccccc1)C(=S)NC(=O)C=Cc1ccccc1Cl. The third kappa shape index (κ3) is 5.51. The van der Waals surface area contributed by atoms with Crippen LogP contribution < -0.4 is 5.32 Å². The first-order chi connectivity index (χ1) is 11.1. The Morgan fingerprint density at radius 2 is 1.83 bits per heavy atom. The van der Waals surface area contributed by atoms with E-state index >= 15 is 0 Å². The van der Waals surface area contributed by atoms with Crippen LogP contribution in [0.5, 0.6) is 0 Å². The molecule has 23 heavy (non-hydrogen) atoms. The zero-order chi connectivity index (χ0) is 16.7. The highest BCUT2D eigenvalue weighted by Crippen LogP contribution is 2.16. The van der Waals surface area contributed by atoms with Gasteiger partial charge in [-0.1, -0.05) is 60.1 Å². The van der Waals surface area contributed by atoms with Crippen LogP contribution in [0.25, 0.3) is 6.08 Å². The van der Waals surface area contributed by atoms with Crippen LogP contribution in [0.1, 0.15) is 11.1 Å². The molecular formula is C18H17ClN2OS. The number of carbonyl (C=O) groups is 1. The molecular weight excluding hydrogens is 328 g/mol. The Labute approximate surface area is 146 Å². The first kappa shape index (κ1) is 17.2. The third-order valence-electron chi connectivity index (χ3n) is 3.16. The topological polar surface area (TPSA) is 32.3 Å². The molecule has 2 aromatic carbocycles. The molecule has 0 radical (unpaired) electrons. The summed E-state index contributed by atoms with van der Waals surface area (Å²) in [5, 5.41) is 3.65. The monoisotopic (exact) mass is 344 g/mol. The molecule has 0 heterocycles. The van der Waals surface area contributed by atoms with Gasteiger partial charge in [-0.25, -0.2) is 0 Å². The summed E-state index contributed by atoms with van der Waals surface area (Å²) >= 11 is 11.3. The summed E-state index contributed by atoms with van der Waals surface area (Å²) in [6.45, 7) is 0.633. The number of thiocarbonyl (C=S) groups is 1. The second-order valence-electron chi connectivity index (χ2n) is 4.99. The lowest BCUT2D eigenvalue weighted by molar-refractivity contribution is -0.115. The second kappa shape index (κ2) is 8.46. The molecule has 0 saturated carbocycles. The van der Waals surface area contributed by atoms with Gasteiger partial charge in [-0.3, -0.25) is 10.1 Å². The molecule has 1 amide bonds. The largest absolute Gasteiger partial charge is 0.348 e. The fourth-order valence-corrected chi connectivity index (χ4v) is 2.31. The summed E-state index contributed by atoms with van der Waals surface area (Å²) in [6.07, 6.45) is 3.08. The van der Waals surface area contributed by atoms with Gasteiger partial charge in [0.05, 0.1) is 0 Å². The van der Waals surface area contributed by atoms with Gasteiger partial charge in [0.25, 0.3) is 0 Å². The molecule has 3 nitrogen and oxygen atoms in total. The maximum atomic E-state index is 11.9. The fourth-order valence-electron chi connectivity index (χ4n) is 1.95. The zero-order valence-corrected chi connectivity index (χ0v) is 14.3. The molecule has 118 valence electrons. The maximum absolute atomic E-state index is 11.9. The van der Waals surface area contributed by atoms with Crippen LogP contribution in [-0.2, 0) is 11.3 Å². The van der Waals surface area contributed by atoms with Gasteiger partial charge in [0.15, 0.2) is 5.11 Å². The van der Waals surface area contributed by atoms with Crippen LogP contribution in [0.15, 0.2) is 60.7 Å². The van der Waals surface area contributed by atoms with Crippen LogP contribution >= 0.6 is 23.8 Å². The lowest BCUT2D eigenvalue weighted by atomic mass is 10.2. The molecule has 1 N–H and O–H groups in total. The van der Waals surface area contributed by atoms with Crippen molar-refractivity contribution in [2.45, 2.75) is 6.54 Å². The van der Waals surface area contributed by atoms with Crippen molar-refractivity contribution < 1.29 is 4.79 Å². The Bertz CT molecular complexity index is 716. The van der Waals surface area contributed by atoms with Crippen LogP contribution in [-0.4, -0.2) is 23.0 Å². The molecule has 0 fully saturated rings. The van der Waals surface area contributed by atoms with Crippen molar-refractivity contribution >= 4 is 40.9 Å². The summed E-state index contributed by atoms with van der Waals surface area (Å²) in [6, 6.07) is 17.2. The Morgan fingerprint density at radius 3 is 2.52 bits per heavy atom. The van der Waals surface area contributed by atoms with E-state index in [-0.39, 0.29) is 5.91 Å². The number of carbonyl (C=O) groups excluding carboxylic acids is 1. The molecule has 0 unspecified atom stereocenters. The Balaban J connectivity index is 1.89. The molecule has 5 heteroatoms. The minimum absolute atomic E-state index is 0.283. The van der Waals surface area contributed by atoms with Gasteiger partial charge < -0.3 is 4.90 Å². The smallest absolute Gasteiger partial charge is 0.250 e. The Kier molecular flexibility index (Phi) is 6.32. The van der Waals surface area contributed by atoms with Crippen molar-refractivity contribution in [1.82, 2.24) is 10.2 Å². The minimum atomic E-state index is -0.283. The van der Waals surface area contributed by atoms with E-state index in [1.807, 2.05) is 60.5 Å². The van der Waals surface area contributed by atoms with Gasteiger partial charge in [0.1, 0.15) is 0 Å². The number of halogens is 1. The van der Waals surface area contributed by atoms with E-state index in [1.165, 1.54) is 6.08 Å². The minimum Gasteiger partial charge on any atom is -0.348 e. The Morgan fingerprint density at radius 1 is 1.17 bits per heavy atom. The quantitative estimate of drug-likeness (QED) is 0.674. The molecule has 0 aliphatic heterocycles. The summed E-state index contributed by atoms with van der Waals surface area (Å²) in [4.78, 5) is 13.8. The lowest BCUT2D eigenvalue weighted by Crippen LogP contribution is -2.39. The lowest BCUT2D eigenvalue weighted by Gasteiger charge is -2.19. The van der Waals surface area contributed by atoms with E-state index in [0.717, 1.165) is 11.1 Å². The number of nitrogens with zero attached hydrogens (tertiary/aromatic N) is 1. The van der Waals surface area contributed by atoms with Crippen LogP contribution in [0.2, 0.25) is 5.02 Å². The average molecular weight is 345 g/mol. The number of amides is 1. The number of hydrogen-bond donors (Lipinski definition) is 1. The average Bonchev–Trinajstić information content (AvgIpc) is 2.55. The van der Waals surface area contributed by atoms with Crippen molar-refractivity contribution in [2.75, 3.05) is 7.05 Å².